The Balaban J connectivity index is 0.00000300. The van der Waals surface area contributed by atoms with E-state index >= 15 is 0 Å². The third-order valence-corrected chi connectivity index (χ3v) is 5.69. The fraction of sp³-hybridized carbons (Fsp3) is 0.316. The maximum atomic E-state index is 6.21. The Hall–Kier alpha value is -1.51. The van der Waals surface area contributed by atoms with Gasteiger partial charge in [-0.2, -0.15) is 0 Å². The molecule has 0 aliphatic heterocycles. The van der Waals surface area contributed by atoms with E-state index in [4.69, 9.17) is 27.9 Å². The Bertz CT molecular complexity index is 909. The minimum Gasteiger partial charge on any atom is -0.489 e. The highest BCUT2D eigenvalue weighted by atomic mass is 35.5. The predicted molar refractivity (Wildman–Crippen MR) is 120 cm³/mol. The zero-order valence-corrected chi connectivity index (χ0v) is 19.0. The fourth-order valence-corrected chi connectivity index (χ4v) is 3.70. The van der Waals surface area contributed by atoms with Crippen molar-refractivity contribution in [2.45, 2.75) is 24.7 Å². The molecule has 1 heterocycles. The Labute approximate surface area is 190 Å². The monoisotopic (exact) mass is 473 g/mol. The van der Waals surface area contributed by atoms with E-state index in [2.05, 4.69) is 20.8 Å². The first-order valence-corrected chi connectivity index (χ1v) is 10.6. The van der Waals surface area contributed by atoms with Gasteiger partial charge in [0.05, 0.1) is 0 Å². The highest BCUT2D eigenvalue weighted by molar-refractivity contribution is 7.99. The number of halogens is 3. The molecule has 0 atom stereocenters. The van der Waals surface area contributed by atoms with Crippen molar-refractivity contribution in [1.29, 1.82) is 0 Å². The first kappa shape index (κ1) is 23.8. The fourth-order valence-electron chi connectivity index (χ4n) is 2.53. The largest absolute Gasteiger partial charge is 0.489 e. The maximum Gasteiger partial charge on any atom is 0.209 e. The lowest BCUT2D eigenvalue weighted by Crippen LogP contribution is -2.16. The van der Waals surface area contributed by atoms with Gasteiger partial charge in [-0.1, -0.05) is 53.2 Å². The summed E-state index contributed by atoms with van der Waals surface area (Å²) >= 11 is 14.0. The van der Waals surface area contributed by atoms with E-state index in [-0.39, 0.29) is 12.4 Å². The summed E-state index contributed by atoms with van der Waals surface area (Å²) in [6.45, 7) is 1.96. The van der Waals surface area contributed by atoms with E-state index in [0.717, 1.165) is 40.8 Å². The second-order valence-corrected chi connectivity index (χ2v) is 8.00. The normalized spacial score (nSPS) is 10.6. The van der Waals surface area contributed by atoms with Crippen molar-refractivity contribution >= 4 is 47.4 Å². The Morgan fingerprint density at radius 1 is 1.14 bits per heavy atom. The quantitative estimate of drug-likeness (QED) is 0.337. The van der Waals surface area contributed by atoms with Crippen molar-refractivity contribution in [2.75, 3.05) is 12.3 Å². The molecule has 0 aliphatic carbocycles. The van der Waals surface area contributed by atoms with Crippen LogP contribution in [0.25, 0.3) is 0 Å². The van der Waals surface area contributed by atoms with E-state index in [9.17, 15) is 0 Å². The van der Waals surface area contributed by atoms with Crippen LogP contribution in [0, 0.1) is 0 Å². The number of aryl methyl sites for hydroxylation is 1. The van der Waals surface area contributed by atoms with E-state index in [1.54, 1.807) is 16.4 Å². The summed E-state index contributed by atoms with van der Waals surface area (Å²) < 4.78 is 7.66. The van der Waals surface area contributed by atoms with Crippen molar-refractivity contribution in [1.82, 2.24) is 25.5 Å². The first-order chi connectivity index (χ1) is 13.6. The van der Waals surface area contributed by atoms with Crippen molar-refractivity contribution in [2.24, 2.45) is 7.05 Å². The molecule has 156 valence electrons. The number of benzene rings is 2. The van der Waals surface area contributed by atoms with Gasteiger partial charge in [0.15, 0.2) is 0 Å². The molecule has 0 saturated heterocycles. The van der Waals surface area contributed by atoms with Crippen LogP contribution >= 0.6 is 47.4 Å². The standard InChI is InChI=1S/C19H21Cl2N5OS.ClH/c1-26-19(23-24-25-26)28-10-4-9-22-12-15-11-16(20)7-8-18(15)27-13-14-5-2-3-6-17(14)21;/h2-3,5-8,11,22H,4,9-10,12-13H2,1H3;1H. The Morgan fingerprint density at radius 2 is 1.97 bits per heavy atom. The van der Waals surface area contributed by atoms with Gasteiger partial charge in [-0.15, -0.1) is 17.5 Å². The summed E-state index contributed by atoms with van der Waals surface area (Å²) in [7, 11) is 1.84. The third-order valence-electron chi connectivity index (χ3n) is 3.99. The molecule has 1 N–H and O–H groups in total. The number of aromatic nitrogens is 4. The topological polar surface area (TPSA) is 64.9 Å². The van der Waals surface area contributed by atoms with Crippen LogP contribution in [0.5, 0.6) is 5.75 Å². The summed E-state index contributed by atoms with van der Waals surface area (Å²) in [5.41, 5.74) is 1.97. The van der Waals surface area contributed by atoms with E-state index in [1.165, 1.54) is 0 Å². The zero-order valence-electron chi connectivity index (χ0n) is 15.8. The number of tetrazole rings is 1. The highest BCUT2D eigenvalue weighted by Crippen LogP contribution is 2.25. The highest BCUT2D eigenvalue weighted by Gasteiger charge is 2.07. The lowest BCUT2D eigenvalue weighted by molar-refractivity contribution is 0.302. The third kappa shape index (κ3) is 7.35. The molecular formula is C19H22Cl3N5OS. The molecule has 0 bridgehead atoms. The molecule has 0 fully saturated rings. The molecule has 2 aromatic carbocycles. The van der Waals surface area contributed by atoms with Gasteiger partial charge < -0.3 is 10.1 Å². The van der Waals surface area contributed by atoms with Gasteiger partial charge in [0, 0.05) is 40.5 Å². The van der Waals surface area contributed by atoms with Crippen LogP contribution < -0.4 is 10.1 Å². The molecule has 0 aliphatic rings. The predicted octanol–water partition coefficient (Wildman–Crippen LogP) is 4.79. The van der Waals surface area contributed by atoms with E-state index < -0.39 is 0 Å². The number of hydrogen-bond donors (Lipinski definition) is 1. The summed E-state index contributed by atoms with van der Waals surface area (Å²) in [6, 6.07) is 13.3. The second kappa shape index (κ2) is 12.2. The summed E-state index contributed by atoms with van der Waals surface area (Å²) in [6.07, 6.45) is 0.994. The van der Waals surface area contributed by atoms with Crippen molar-refractivity contribution in [3.05, 3.63) is 63.6 Å². The van der Waals surface area contributed by atoms with Gasteiger partial charge in [0.25, 0.3) is 0 Å². The number of rotatable bonds is 10. The average Bonchev–Trinajstić information content (AvgIpc) is 3.10. The van der Waals surface area contributed by atoms with Gasteiger partial charge in [0.1, 0.15) is 12.4 Å². The molecule has 0 amide bonds. The second-order valence-electron chi connectivity index (χ2n) is 6.10. The van der Waals surface area contributed by atoms with Gasteiger partial charge in [0.2, 0.25) is 5.16 Å². The molecule has 10 heteroatoms. The van der Waals surface area contributed by atoms with Crippen molar-refractivity contribution < 1.29 is 4.74 Å². The van der Waals surface area contributed by atoms with Gasteiger partial charge >= 0.3 is 0 Å². The molecule has 3 rings (SSSR count). The number of nitrogens with one attached hydrogen (secondary N) is 1. The minimum absolute atomic E-state index is 0. The number of thioether (sulfide) groups is 1. The maximum absolute atomic E-state index is 6.21. The van der Waals surface area contributed by atoms with Gasteiger partial charge in [-0.05, 0) is 47.7 Å². The van der Waals surface area contributed by atoms with Crippen molar-refractivity contribution in [3.8, 4) is 5.75 Å². The molecule has 0 spiro atoms. The van der Waals surface area contributed by atoms with Crippen molar-refractivity contribution in [3.63, 3.8) is 0 Å². The Morgan fingerprint density at radius 3 is 2.72 bits per heavy atom. The molecular weight excluding hydrogens is 453 g/mol. The van der Waals surface area contributed by atoms with E-state index in [0.29, 0.717) is 23.2 Å². The summed E-state index contributed by atoms with van der Waals surface area (Å²) in [5, 5.41) is 17.1. The molecule has 29 heavy (non-hydrogen) atoms. The van der Waals surface area contributed by atoms with Crippen LogP contribution in [-0.2, 0) is 20.2 Å². The van der Waals surface area contributed by atoms with Crippen LogP contribution in [0.1, 0.15) is 17.5 Å². The molecule has 0 saturated carbocycles. The molecule has 6 nitrogen and oxygen atoms in total. The number of ether oxygens (including phenoxy) is 1. The molecule has 3 aromatic rings. The number of hydrogen-bond acceptors (Lipinski definition) is 6. The molecule has 0 radical (unpaired) electrons. The molecule has 1 aromatic heterocycles. The van der Waals surface area contributed by atoms with Crippen LogP contribution in [-0.4, -0.2) is 32.5 Å². The van der Waals surface area contributed by atoms with Gasteiger partial charge in [-0.25, -0.2) is 4.68 Å². The van der Waals surface area contributed by atoms with Crippen LogP contribution in [0.3, 0.4) is 0 Å². The SMILES string of the molecule is Cl.Cn1nnnc1SCCCNCc1cc(Cl)ccc1OCc1ccccc1Cl. The molecule has 0 unspecified atom stereocenters. The minimum atomic E-state index is 0. The lowest BCUT2D eigenvalue weighted by Gasteiger charge is -2.13. The average molecular weight is 475 g/mol. The van der Waals surface area contributed by atoms with E-state index in [1.807, 2.05) is 49.5 Å². The smallest absolute Gasteiger partial charge is 0.209 e. The number of nitrogens with zero attached hydrogens (tertiary/aromatic N) is 4. The summed E-state index contributed by atoms with van der Waals surface area (Å²) in [4.78, 5) is 0. The van der Waals surface area contributed by atoms with Crippen LogP contribution in [0.15, 0.2) is 47.6 Å². The van der Waals surface area contributed by atoms with Crippen LogP contribution in [0.4, 0.5) is 0 Å². The Kier molecular flexibility index (Phi) is 10.0. The first-order valence-electron chi connectivity index (χ1n) is 8.84. The lowest BCUT2D eigenvalue weighted by atomic mass is 10.2. The summed E-state index contributed by atoms with van der Waals surface area (Å²) in [5.74, 6) is 1.74. The van der Waals surface area contributed by atoms with Crippen LogP contribution in [0.2, 0.25) is 10.0 Å². The van der Waals surface area contributed by atoms with Gasteiger partial charge in [-0.3, -0.25) is 0 Å². The zero-order chi connectivity index (χ0) is 19.8.